The summed E-state index contributed by atoms with van der Waals surface area (Å²) >= 11 is 0. The monoisotopic (exact) mass is 265 g/mol. The molecule has 0 aromatic carbocycles. The molecule has 1 heterocycles. The van der Waals surface area contributed by atoms with Crippen molar-refractivity contribution in [3.05, 3.63) is 0 Å². The molecule has 1 aliphatic carbocycles. The lowest BCUT2D eigenvalue weighted by atomic mass is 10.1. The van der Waals surface area contributed by atoms with E-state index < -0.39 is 0 Å². The second-order valence-corrected chi connectivity index (χ2v) is 5.85. The van der Waals surface area contributed by atoms with E-state index in [1.807, 2.05) is 0 Å². The molecule has 1 N–H and O–H groups in total. The number of nitrogens with zero attached hydrogens (tertiary/aromatic N) is 2. The van der Waals surface area contributed by atoms with Gasteiger partial charge in [-0.15, -0.1) is 0 Å². The molecule has 2 aliphatic rings. The molecule has 1 saturated heterocycles. The molecule has 1 aliphatic heterocycles. The lowest BCUT2D eigenvalue weighted by Gasteiger charge is -2.33. The average molecular weight is 265 g/mol. The van der Waals surface area contributed by atoms with E-state index in [1.165, 1.54) is 25.7 Å². The molecule has 1 saturated carbocycles. The molecule has 0 aromatic rings. The summed E-state index contributed by atoms with van der Waals surface area (Å²) in [7, 11) is 0. The van der Waals surface area contributed by atoms with Gasteiger partial charge in [0.15, 0.2) is 0 Å². The number of piperidine rings is 1. The van der Waals surface area contributed by atoms with Gasteiger partial charge >= 0.3 is 0 Å². The quantitative estimate of drug-likeness (QED) is 0.728. The average Bonchev–Trinajstić information content (AvgIpc) is 3.25. The van der Waals surface area contributed by atoms with Crippen LogP contribution in [-0.4, -0.2) is 49.3 Å². The van der Waals surface area contributed by atoms with Crippen LogP contribution in [0.4, 0.5) is 0 Å². The summed E-state index contributed by atoms with van der Waals surface area (Å²) in [6, 6.07) is 3.04. The topological polar surface area (TPSA) is 48.3 Å². The van der Waals surface area contributed by atoms with E-state index in [0.717, 1.165) is 39.1 Å². The number of rotatable bonds is 8. The Morgan fingerprint density at radius 3 is 2.95 bits per heavy atom. The zero-order chi connectivity index (χ0) is 13.5. The van der Waals surface area contributed by atoms with Crippen molar-refractivity contribution < 1.29 is 4.74 Å². The minimum atomic E-state index is 0.0319. The Balaban J connectivity index is 1.64. The number of nitrogens with one attached hydrogen (secondary N) is 1. The number of nitriles is 1. The van der Waals surface area contributed by atoms with Crippen LogP contribution in [0.25, 0.3) is 0 Å². The highest BCUT2D eigenvalue weighted by Crippen LogP contribution is 2.20. The largest absolute Gasteiger partial charge is 0.377 e. The van der Waals surface area contributed by atoms with Crippen LogP contribution in [0.1, 0.15) is 45.4 Å². The molecular formula is C15H27N3O. The van der Waals surface area contributed by atoms with Gasteiger partial charge in [0.25, 0.3) is 0 Å². The van der Waals surface area contributed by atoms with Crippen LogP contribution in [-0.2, 0) is 4.74 Å². The Bertz CT molecular complexity index is 298. The van der Waals surface area contributed by atoms with Crippen LogP contribution in [0.15, 0.2) is 0 Å². The Morgan fingerprint density at radius 2 is 2.26 bits per heavy atom. The normalized spacial score (nSPS) is 26.0. The summed E-state index contributed by atoms with van der Waals surface area (Å²) < 4.78 is 5.85. The van der Waals surface area contributed by atoms with Crippen LogP contribution < -0.4 is 5.32 Å². The zero-order valence-electron chi connectivity index (χ0n) is 12.1. The van der Waals surface area contributed by atoms with Gasteiger partial charge in [-0.25, -0.2) is 0 Å². The number of ether oxygens (including phenoxy) is 1. The fourth-order valence-corrected chi connectivity index (χ4v) is 2.67. The van der Waals surface area contributed by atoms with Gasteiger partial charge in [-0.3, -0.25) is 5.32 Å². The van der Waals surface area contributed by atoms with E-state index >= 15 is 0 Å². The molecule has 0 radical (unpaired) electrons. The first-order valence-electron chi connectivity index (χ1n) is 7.81. The summed E-state index contributed by atoms with van der Waals surface area (Å²) in [5, 5.41) is 12.6. The Kier molecular flexibility index (Phi) is 6.09. The predicted octanol–water partition coefficient (Wildman–Crippen LogP) is 1.91. The van der Waals surface area contributed by atoms with Crippen molar-refractivity contribution in [3.8, 4) is 6.07 Å². The third-order valence-electron chi connectivity index (χ3n) is 3.92. The third-order valence-corrected chi connectivity index (χ3v) is 3.92. The maximum Gasteiger partial charge on any atom is 0.0967 e. The van der Waals surface area contributed by atoms with Gasteiger partial charge in [0.1, 0.15) is 0 Å². The van der Waals surface area contributed by atoms with E-state index in [-0.39, 0.29) is 6.04 Å². The summed E-state index contributed by atoms with van der Waals surface area (Å²) in [6.07, 6.45) is 7.35. The van der Waals surface area contributed by atoms with Gasteiger partial charge in [0.05, 0.1) is 18.2 Å². The smallest absolute Gasteiger partial charge is 0.0967 e. The van der Waals surface area contributed by atoms with Gasteiger partial charge < -0.3 is 9.64 Å². The van der Waals surface area contributed by atoms with Crippen molar-refractivity contribution in [1.29, 1.82) is 5.26 Å². The summed E-state index contributed by atoms with van der Waals surface area (Å²) in [5.74, 6) is 0. The van der Waals surface area contributed by atoms with Crippen molar-refractivity contribution in [2.75, 3.05) is 26.2 Å². The standard InChI is InChI=1S/C15H27N3O/c1-2-10-19-15-4-3-8-18(12-15)9-7-14(11-16)17-13-5-6-13/h13-15,17H,2-10,12H2,1H3. The second-order valence-electron chi connectivity index (χ2n) is 5.85. The Labute approximate surface area is 117 Å². The molecule has 2 unspecified atom stereocenters. The molecule has 0 spiro atoms. The molecule has 4 nitrogen and oxygen atoms in total. The fourth-order valence-electron chi connectivity index (χ4n) is 2.67. The SMILES string of the molecule is CCCOC1CCCN(CCC(C#N)NC2CC2)C1. The molecule has 0 aromatic heterocycles. The maximum absolute atomic E-state index is 9.14. The molecule has 4 heteroatoms. The van der Waals surface area contributed by atoms with E-state index in [9.17, 15) is 0 Å². The highest BCUT2D eigenvalue weighted by molar-refractivity contribution is 4.96. The number of hydrogen-bond acceptors (Lipinski definition) is 4. The van der Waals surface area contributed by atoms with E-state index in [1.54, 1.807) is 0 Å². The van der Waals surface area contributed by atoms with Crippen molar-refractivity contribution >= 4 is 0 Å². The molecule has 19 heavy (non-hydrogen) atoms. The van der Waals surface area contributed by atoms with E-state index in [4.69, 9.17) is 10.00 Å². The van der Waals surface area contributed by atoms with Crippen LogP contribution >= 0.6 is 0 Å². The van der Waals surface area contributed by atoms with Gasteiger partial charge in [-0.05, 0) is 45.1 Å². The maximum atomic E-state index is 9.14. The minimum Gasteiger partial charge on any atom is -0.377 e. The molecule has 2 atom stereocenters. The van der Waals surface area contributed by atoms with Crippen molar-refractivity contribution in [1.82, 2.24) is 10.2 Å². The molecule has 108 valence electrons. The minimum absolute atomic E-state index is 0.0319. The van der Waals surface area contributed by atoms with E-state index in [0.29, 0.717) is 12.1 Å². The molecular weight excluding hydrogens is 238 g/mol. The van der Waals surface area contributed by atoms with Gasteiger partial charge in [0, 0.05) is 25.7 Å². The van der Waals surface area contributed by atoms with Crippen molar-refractivity contribution in [2.45, 2.75) is 63.6 Å². The molecule has 2 rings (SSSR count). The first kappa shape index (κ1) is 14.8. The highest BCUT2D eigenvalue weighted by Gasteiger charge is 2.25. The summed E-state index contributed by atoms with van der Waals surface area (Å²) in [6.45, 7) is 6.25. The van der Waals surface area contributed by atoms with Crippen molar-refractivity contribution in [3.63, 3.8) is 0 Å². The highest BCUT2D eigenvalue weighted by atomic mass is 16.5. The van der Waals surface area contributed by atoms with Crippen LogP contribution in [0, 0.1) is 11.3 Å². The van der Waals surface area contributed by atoms with Gasteiger partial charge in [0.2, 0.25) is 0 Å². The van der Waals surface area contributed by atoms with Crippen molar-refractivity contribution in [2.24, 2.45) is 0 Å². The molecule has 0 bridgehead atoms. The lowest BCUT2D eigenvalue weighted by Crippen LogP contribution is -2.42. The molecule has 2 fully saturated rings. The summed E-state index contributed by atoms with van der Waals surface area (Å²) in [5.41, 5.74) is 0. The van der Waals surface area contributed by atoms with Crippen LogP contribution in [0.3, 0.4) is 0 Å². The number of hydrogen-bond donors (Lipinski definition) is 1. The van der Waals surface area contributed by atoms with E-state index in [2.05, 4.69) is 23.2 Å². The van der Waals surface area contributed by atoms with Crippen LogP contribution in [0.2, 0.25) is 0 Å². The zero-order valence-corrected chi connectivity index (χ0v) is 12.1. The fraction of sp³-hybridized carbons (Fsp3) is 0.933. The first-order chi connectivity index (χ1) is 9.31. The summed E-state index contributed by atoms with van der Waals surface area (Å²) in [4.78, 5) is 2.46. The molecule has 0 amide bonds. The lowest BCUT2D eigenvalue weighted by molar-refractivity contribution is -0.000536. The Morgan fingerprint density at radius 1 is 1.42 bits per heavy atom. The van der Waals surface area contributed by atoms with Crippen LogP contribution in [0.5, 0.6) is 0 Å². The number of likely N-dealkylation sites (tertiary alicyclic amines) is 1. The second kappa shape index (κ2) is 7.84. The van der Waals surface area contributed by atoms with Gasteiger partial charge in [-0.1, -0.05) is 6.92 Å². The first-order valence-corrected chi connectivity index (χ1v) is 7.81. The third kappa shape index (κ3) is 5.48. The van der Waals surface area contributed by atoms with Gasteiger partial charge in [-0.2, -0.15) is 5.26 Å². The Hall–Kier alpha value is -0.630. The predicted molar refractivity (Wildman–Crippen MR) is 75.9 cm³/mol.